The molecule has 0 saturated heterocycles. The lowest BCUT2D eigenvalue weighted by molar-refractivity contribution is -0.153. The molecule has 1 aromatic heterocycles. The van der Waals surface area contributed by atoms with Crippen LogP contribution in [-0.2, 0) is 38.6 Å². The summed E-state index contributed by atoms with van der Waals surface area (Å²) in [7, 11) is 1.22. The predicted octanol–water partition coefficient (Wildman–Crippen LogP) is 2.65. The lowest BCUT2D eigenvalue weighted by Crippen LogP contribution is -2.51. The van der Waals surface area contributed by atoms with Gasteiger partial charge < -0.3 is 24.4 Å². The summed E-state index contributed by atoms with van der Waals surface area (Å²) in [5.74, 6) is -0.627. The van der Waals surface area contributed by atoms with Gasteiger partial charge in [-0.3, -0.25) is 19.1 Å². The second kappa shape index (κ2) is 15.9. The van der Waals surface area contributed by atoms with Crippen molar-refractivity contribution < 1.29 is 28.6 Å². The topological polar surface area (TPSA) is 149 Å². The largest absolute Gasteiger partial charge is 0.489 e. The molecule has 2 aromatic carbocycles. The van der Waals surface area contributed by atoms with Crippen molar-refractivity contribution in [2.45, 2.75) is 39.0 Å². The van der Waals surface area contributed by atoms with Gasteiger partial charge in [-0.15, -0.1) is 0 Å². The molecule has 45 heavy (non-hydrogen) atoms. The number of hydrogen-bond donors (Lipinski definition) is 2. The Labute approximate surface area is 259 Å². The highest BCUT2D eigenvalue weighted by atomic mass is 16.5. The molecule has 2 N–H and O–H groups in total. The molecule has 0 spiro atoms. The van der Waals surface area contributed by atoms with Gasteiger partial charge in [0.2, 0.25) is 5.91 Å². The zero-order valence-electron chi connectivity index (χ0n) is 25.2. The molecule has 0 saturated carbocycles. The van der Waals surface area contributed by atoms with Crippen LogP contribution in [0.15, 0.2) is 94.2 Å². The third kappa shape index (κ3) is 9.55. The summed E-state index contributed by atoms with van der Waals surface area (Å²) in [6.07, 6.45) is 7.58. The summed E-state index contributed by atoms with van der Waals surface area (Å²) < 4.78 is 17.2. The molecule has 1 atom stereocenters. The van der Waals surface area contributed by atoms with Gasteiger partial charge in [-0.1, -0.05) is 60.7 Å². The maximum Gasteiger partial charge on any atom is 0.407 e. The number of carbonyl (C=O) groups is 3. The molecule has 0 radical (unpaired) electrons. The van der Waals surface area contributed by atoms with Crippen LogP contribution in [0.2, 0.25) is 0 Å². The van der Waals surface area contributed by atoms with E-state index in [1.165, 1.54) is 25.1 Å². The molecule has 0 aliphatic heterocycles. The number of hydrogen-bond acceptors (Lipinski definition) is 8. The average Bonchev–Trinajstić information content (AvgIpc) is 3.57. The standard InChI is InChI=1S/C33H36N4O8/c1-23-19-36(32(41)35-30(23)39)20-29(38)37(17-16-34-33(42)45-22-26-8-4-3-5-9-26)28(31(40)43-2)18-24-12-14-27(15-13-24)44-21-25-10-6-7-11-25/h3-10,12-15,19,28H,11,16-18,20-22H2,1-2H3,(H,34,42)(H,35,39,41). The fraction of sp³-hybridized carbons (Fsp3) is 0.303. The Bertz CT molecular complexity index is 1660. The van der Waals surface area contributed by atoms with E-state index >= 15 is 0 Å². The number of aryl methyl sites for hydroxylation is 1. The molecule has 1 unspecified atom stereocenters. The molecule has 12 heteroatoms. The summed E-state index contributed by atoms with van der Waals surface area (Å²) in [4.78, 5) is 66.8. The van der Waals surface area contributed by atoms with Gasteiger partial charge in [0.1, 0.15) is 31.5 Å². The van der Waals surface area contributed by atoms with Gasteiger partial charge in [0.05, 0.1) is 7.11 Å². The van der Waals surface area contributed by atoms with Crippen LogP contribution in [-0.4, -0.2) is 65.3 Å². The van der Waals surface area contributed by atoms with Crippen LogP contribution in [0.3, 0.4) is 0 Å². The molecule has 12 nitrogen and oxygen atoms in total. The van der Waals surface area contributed by atoms with Crippen molar-refractivity contribution in [2.24, 2.45) is 0 Å². The first-order valence-corrected chi connectivity index (χ1v) is 14.4. The Morgan fingerprint density at radius 3 is 2.47 bits per heavy atom. The van der Waals surface area contributed by atoms with Gasteiger partial charge in [0.25, 0.3) is 5.56 Å². The van der Waals surface area contributed by atoms with Crippen LogP contribution in [0.5, 0.6) is 5.75 Å². The first-order valence-electron chi connectivity index (χ1n) is 14.4. The number of methoxy groups -OCH3 is 1. The van der Waals surface area contributed by atoms with Gasteiger partial charge in [-0.05, 0) is 42.2 Å². The van der Waals surface area contributed by atoms with Crippen molar-refractivity contribution >= 4 is 18.0 Å². The minimum Gasteiger partial charge on any atom is -0.489 e. The first-order chi connectivity index (χ1) is 21.7. The third-order valence-corrected chi connectivity index (χ3v) is 7.12. The molecular formula is C33H36N4O8. The second-order valence-corrected chi connectivity index (χ2v) is 10.4. The normalized spacial score (nSPS) is 12.6. The number of H-pyrrole nitrogens is 1. The van der Waals surface area contributed by atoms with E-state index in [1.807, 2.05) is 42.5 Å². The Hall–Kier alpha value is -5.39. The van der Waals surface area contributed by atoms with E-state index in [-0.39, 0.29) is 31.7 Å². The van der Waals surface area contributed by atoms with Gasteiger partial charge in [0.15, 0.2) is 0 Å². The summed E-state index contributed by atoms with van der Waals surface area (Å²) >= 11 is 0. The van der Waals surface area contributed by atoms with E-state index in [0.717, 1.165) is 27.7 Å². The number of esters is 1. The number of allylic oxidation sites excluding steroid dienone is 3. The van der Waals surface area contributed by atoms with E-state index in [2.05, 4.69) is 16.4 Å². The number of carbonyl (C=O) groups excluding carboxylic acids is 3. The van der Waals surface area contributed by atoms with Gasteiger partial charge >= 0.3 is 17.8 Å². The molecule has 0 fully saturated rings. The fourth-order valence-electron chi connectivity index (χ4n) is 4.66. The molecule has 1 aliphatic rings. The fourth-order valence-corrected chi connectivity index (χ4v) is 4.66. The lowest BCUT2D eigenvalue weighted by Gasteiger charge is -2.30. The number of alkyl carbamates (subject to hydrolysis) is 1. The molecule has 1 heterocycles. The SMILES string of the molecule is COC(=O)C(Cc1ccc(OCC2=CC=CC2)cc1)N(CCNC(=O)OCc1ccccc1)C(=O)Cn1cc(C)c(=O)[nH]c1=O. The van der Waals surface area contributed by atoms with Crippen molar-refractivity contribution in [3.05, 3.63) is 122 Å². The molecule has 236 valence electrons. The molecule has 3 aromatic rings. The number of nitrogens with zero attached hydrogens (tertiary/aromatic N) is 2. The van der Waals surface area contributed by atoms with E-state index in [0.29, 0.717) is 12.4 Å². The highest BCUT2D eigenvalue weighted by Gasteiger charge is 2.31. The Morgan fingerprint density at radius 1 is 1.02 bits per heavy atom. The zero-order chi connectivity index (χ0) is 32.2. The number of benzene rings is 2. The number of nitrogens with one attached hydrogen (secondary N) is 2. The van der Waals surface area contributed by atoms with Crippen molar-refractivity contribution in [1.29, 1.82) is 0 Å². The van der Waals surface area contributed by atoms with E-state index in [4.69, 9.17) is 14.2 Å². The van der Waals surface area contributed by atoms with Crippen LogP contribution >= 0.6 is 0 Å². The average molecular weight is 617 g/mol. The predicted molar refractivity (Wildman–Crippen MR) is 166 cm³/mol. The second-order valence-electron chi connectivity index (χ2n) is 10.4. The van der Waals surface area contributed by atoms with Crippen LogP contribution in [0, 0.1) is 6.92 Å². The smallest absolute Gasteiger partial charge is 0.407 e. The van der Waals surface area contributed by atoms with Crippen molar-refractivity contribution in [2.75, 3.05) is 26.8 Å². The molecule has 4 rings (SSSR count). The molecule has 0 bridgehead atoms. The number of rotatable bonds is 14. The summed E-state index contributed by atoms with van der Waals surface area (Å²) in [6.45, 7) is 1.42. The van der Waals surface area contributed by atoms with Gasteiger partial charge in [-0.25, -0.2) is 14.4 Å². The third-order valence-electron chi connectivity index (χ3n) is 7.12. The number of aromatic nitrogens is 2. The summed E-state index contributed by atoms with van der Waals surface area (Å²) in [5.41, 5.74) is 1.61. The maximum atomic E-state index is 13.7. The van der Waals surface area contributed by atoms with Gasteiger partial charge in [0, 0.05) is 31.3 Å². The minimum atomic E-state index is -1.09. The van der Waals surface area contributed by atoms with E-state index < -0.39 is 41.8 Å². The highest BCUT2D eigenvalue weighted by Crippen LogP contribution is 2.19. The summed E-state index contributed by atoms with van der Waals surface area (Å²) in [6, 6.07) is 15.2. The van der Waals surface area contributed by atoms with Gasteiger partial charge in [-0.2, -0.15) is 0 Å². The highest BCUT2D eigenvalue weighted by molar-refractivity contribution is 5.85. The first kappa shape index (κ1) is 32.5. The van der Waals surface area contributed by atoms with E-state index in [1.54, 1.807) is 24.3 Å². The summed E-state index contributed by atoms with van der Waals surface area (Å²) in [5, 5.41) is 2.60. The number of aromatic amines is 1. The zero-order valence-corrected chi connectivity index (χ0v) is 25.2. The Morgan fingerprint density at radius 2 is 1.78 bits per heavy atom. The van der Waals surface area contributed by atoms with Crippen molar-refractivity contribution in [3.63, 3.8) is 0 Å². The Balaban J connectivity index is 1.48. The number of ether oxygens (including phenoxy) is 3. The molecule has 2 amide bonds. The Kier molecular flexibility index (Phi) is 11.5. The number of amides is 2. The van der Waals surface area contributed by atoms with Crippen molar-refractivity contribution in [3.8, 4) is 5.75 Å². The van der Waals surface area contributed by atoms with Crippen LogP contribution in [0.1, 0.15) is 23.1 Å². The van der Waals surface area contributed by atoms with Crippen LogP contribution in [0.4, 0.5) is 4.79 Å². The quantitative estimate of drug-likeness (QED) is 0.263. The van der Waals surface area contributed by atoms with Crippen molar-refractivity contribution in [1.82, 2.24) is 19.8 Å². The minimum absolute atomic E-state index is 0.0517. The lowest BCUT2D eigenvalue weighted by atomic mass is 10.0. The van der Waals surface area contributed by atoms with E-state index in [9.17, 15) is 24.0 Å². The van der Waals surface area contributed by atoms with Crippen LogP contribution < -0.4 is 21.3 Å². The molecular weight excluding hydrogens is 580 g/mol. The monoisotopic (exact) mass is 616 g/mol. The molecule has 1 aliphatic carbocycles. The maximum absolute atomic E-state index is 13.7. The van der Waals surface area contributed by atoms with Crippen LogP contribution in [0.25, 0.3) is 0 Å².